The van der Waals surface area contributed by atoms with Gasteiger partial charge < -0.3 is 10.2 Å². The first-order chi connectivity index (χ1) is 10.2. The van der Waals surface area contributed by atoms with E-state index < -0.39 is 0 Å². The molecule has 0 radical (unpaired) electrons. The number of benzene rings is 2. The first-order valence-corrected chi connectivity index (χ1v) is 7.37. The molecular formula is C18H23FN2. The van der Waals surface area contributed by atoms with Crippen molar-refractivity contribution in [3.8, 4) is 0 Å². The molecule has 0 aliphatic carbocycles. The normalized spacial score (nSPS) is 12.2. The van der Waals surface area contributed by atoms with Gasteiger partial charge >= 0.3 is 0 Å². The lowest BCUT2D eigenvalue weighted by molar-refractivity contribution is 0.535. The van der Waals surface area contributed by atoms with Gasteiger partial charge in [0.25, 0.3) is 0 Å². The van der Waals surface area contributed by atoms with Gasteiger partial charge in [-0.3, -0.25) is 0 Å². The third-order valence-electron chi connectivity index (χ3n) is 3.87. The molecule has 1 unspecified atom stereocenters. The Bertz CT molecular complexity index is 566. The summed E-state index contributed by atoms with van der Waals surface area (Å²) in [6.45, 7) is 2.86. The summed E-state index contributed by atoms with van der Waals surface area (Å²) in [5, 5.41) is 3.20. The number of nitrogens with one attached hydrogen (secondary N) is 1. The van der Waals surface area contributed by atoms with Crippen molar-refractivity contribution in [1.82, 2.24) is 5.32 Å². The number of halogens is 1. The van der Waals surface area contributed by atoms with Crippen molar-refractivity contribution in [2.75, 3.05) is 25.5 Å². The predicted molar refractivity (Wildman–Crippen MR) is 87.3 cm³/mol. The molecule has 0 aliphatic heterocycles. The Balaban J connectivity index is 2.12. The fourth-order valence-corrected chi connectivity index (χ4v) is 2.47. The minimum atomic E-state index is -0.161. The summed E-state index contributed by atoms with van der Waals surface area (Å²) >= 11 is 0. The molecule has 0 heterocycles. The van der Waals surface area contributed by atoms with E-state index in [1.807, 2.05) is 26.2 Å². The second kappa shape index (κ2) is 7.23. The second-order valence-electron chi connectivity index (χ2n) is 5.26. The molecule has 2 rings (SSSR count). The van der Waals surface area contributed by atoms with E-state index in [0.717, 1.165) is 12.1 Å². The minimum Gasteiger partial charge on any atom is -0.373 e. The van der Waals surface area contributed by atoms with E-state index in [0.29, 0.717) is 12.1 Å². The molecule has 112 valence electrons. The molecule has 0 fully saturated rings. The summed E-state index contributed by atoms with van der Waals surface area (Å²) in [4.78, 5) is 2.15. The highest BCUT2D eigenvalue weighted by molar-refractivity contribution is 5.47. The smallest absolute Gasteiger partial charge is 0.128 e. The highest BCUT2D eigenvalue weighted by Crippen LogP contribution is 2.21. The molecular weight excluding hydrogens is 263 g/mol. The molecule has 21 heavy (non-hydrogen) atoms. The molecule has 0 spiro atoms. The van der Waals surface area contributed by atoms with Crippen LogP contribution in [0.5, 0.6) is 0 Å². The Labute approximate surface area is 126 Å². The van der Waals surface area contributed by atoms with Crippen LogP contribution < -0.4 is 10.2 Å². The molecule has 1 N–H and O–H groups in total. The van der Waals surface area contributed by atoms with Crippen molar-refractivity contribution in [3.63, 3.8) is 0 Å². The Morgan fingerprint density at radius 3 is 2.33 bits per heavy atom. The predicted octanol–water partition coefficient (Wildman–Crippen LogP) is 3.79. The van der Waals surface area contributed by atoms with Gasteiger partial charge in [-0.15, -0.1) is 0 Å². The number of aryl methyl sites for hydroxylation is 1. The average molecular weight is 286 g/mol. The van der Waals surface area contributed by atoms with Gasteiger partial charge in [0, 0.05) is 24.8 Å². The van der Waals surface area contributed by atoms with Gasteiger partial charge in [-0.2, -0.15) is 0 Å². The van der Waals surface area contributed by atoms with Gasteiger partial charge in [0.2, 0.25) is 0 Å². The number of rotatable bonds is 6. The zero-order valence-electron chi connectivity index (χ0n) is 12.9. The van der Waals surface area contributed by atoms with Gasteiger partial charge in [-0.1, -0.05) is 37.3 Å². The highest BCUT2D eigenvalue weighted by Gasteiger charge is 2.15. The van der Waals surface area contributed by atoms with Crippen LogP contribution in [0.3, 0.4) is 0 Å². The zero-order valence-corrected chi connectivity index (χ0v) is 12.9. The molecule has 0 aliphatic rings. The lowest BCUT2D eigenvalue weighted by Crippen LogP contribution is -2.31. The number of hydrogen-bond donors (Lipinski definition) is 1. The van der Waals surface area contributed by atoms with Crippen LogP contribution in [0.4, 0.5) is 10.1 Å². The maximum Gasteiger partial charge on any atom is 0.128 e. The fraction of sp³-hybridized carbons (Fsp3) is 0.333. The van der Waals surface area contributed by atoms with E-state index in [9.17, 15) is 4.39 Å². The van der Waals surface area contributed by atoms with Crippen molar-refractivity contribution < 1.29 is 4.39 Å². The lowest BCUT2D eigenvalue weighted by atomic mass is 10.1. The molecule has 3 heteroatoms. The van der Waals surface area contributed by atoms with Crippen LogP contribution in [-0.4, -0.2) is 20.6 Å². The lowest BCUT2D eigenvalue weighted by Gasteiger charge is -2.26. The van der Waals surface area contributed by atoms with E-state index in [1.54, 1.807) is 6.07 Å². The summed E-state index contributed by atoms with van der Waals surface area (Å²) in [7, 11) is 3.90. The second-order valence-corrected chi connectivity index (χ2v) is 5.26. The van der Waals surface area contributed by atoms with Crippen molar-refractivity contribution >= 4 is 5.69 Å². The third kappa shape index (κ3) is 3.82. The maximum absolute atomic E-state index is 13.9. The molecule has 2 aromatic carbocycles. The first-order valence-electron chi connectivity index (χ1n) is 7.37. The van der Waals surface area contributed by atoms with Crippen LogP contribution in [0.2, 0.25) is 0 Å². The van der Waals surface area contributed by atoms with Gasteiger partial charge in [0.15, 0.2) is 0 Å². The van der Waals surface area contributed by atoms with Crippen LogP contribution in [-0.2, 0) is 6.42 Å². The molecule has 0 aromatic heterocycles. The zero-order chi connectivity index (χ0) is 15.2. The molecule has 0 amide bonds. The Kier molecular flexibility index (Phi) is 5.34. The SMILES string of the molecule is CCc1ccc(N(C)CC(NC)c2ccccc2F)cc1. The summed E-state index contributed by atoms with van der Waals surface area (Å²) < 4.78 is 13.9. The van der Waals surface area contributed by atoms with E-state index in [1.165, 1.54) is 11.6 Å². The van der Waals surface area contributed by atoms with Crippen LogP contribution in [0.25, 0.3) is 0 Å². The molecule has 0 bridgehead atoms. The van der Waals surface area contributed by atoms with Crippen LogP contribution in [0.15, 0.2) is 48.5 Å². The maximum atomic E-state index is 13.9. The summed E-state index contributed by atoms with van der Waals surface area (Å²) in [5.41, 5.74) is 3.17. The van der Waals surface area contributed by atoms with E-state index in [4.69, 9.17) is 0 Å². The summed E-state index contributed by atoms with van der Waals surface area (Å²) in [6.07, 6.45) is 1.04. The van der Waals surface area contributed by atoms with Crippen LogP contribution in [0, 0.1) is 5.82 Å². The van der Waals surface area contributed by atoms with Gasteiger partial charge in [0.05, 0.1) is 6.04 Å². The van der Waals surface area contributed by atoms with Crippen molar-refractivity contribution in [2.24, 2.45) is 0 Å². The minimum absolute atomic E-state index is 0.0398. The monoisotopic (exact) mass is 286 g/mol. The van der Waals surface area contributed by atoms with Gasteiger partial charge in [-0.05, 0) is 37.2 Å². The number of anilines is 1. The van der Waals surface area contributed by atoms with E-state index in [-0.39, 0.29) is 11.9 Å². The fourth-order valence-electron chi connectivity index (χ4n) is 2.47. The Morgan fingerprint density at radius 2 is 1.76 bits per heavy atom. The highest BCUT2D eigenvalue weighted by atomic mass is 19.1. The summed E-state index contributed by atoms with van der Waals surface area (Å²) in [6, 6.07) is 15.4. The number of hydrogen-bond acceptors (Lipinski definition) is 2. The topological polar surface area (TPSA) is 15.3 Å². The third-order valence-corrected chi connectivity index (χ3v) is 3.87. The first kappa shape index (κ1) is 15.5. The quantitative estimate of drug-likeness (QED) is 0.869. The Morgan fingerprint density at radius 1 is 1.10 bits per heavy atom. The molecule has 0 saturated carbocycles. The van der Waals surface area contributed by atoms with Gasteiger partial charge in [-0.25, -0.2) is 4.39 Å². The van der Waals surface area contributed by atoms with Crippen LogP contribution >= 0.6 is 0 Å². The van der Waals surface area contributed by atoms with E-state index in [2.05, 4.69) is 41.4 Å². The average Bonchev–Trinajstić information content (AvgIpc) is 2.53. The molecule has 1 atom stereocenters. The summed E-state index contributed by atoms with van der Waals surface area (Å²) in [5.74, 6) is -0.161. The number of likely N-dealkylation sites (N-methyl/N-ethyl adjacent to an activating group) is 2. The number of nitrogens with zero attached hydrogens (tertiary/aromatic N) is 1. The van der Waals surface area contributed by atoms with Crippen molar-refractivity contribution in [3.05, 3.63) is 65.5 Å². The molecule has 2 aromatic rings. The molecule has 0 saturated heterocycles. The molecule has 2 nitrogen and oxygen atoms in total. The van der Waals surface area contributed by atoms with Crippen LogP contribution in [0.1, 0.15) is 24.1 Å². The van der Waals surface area contributed by atoms with Crippen molar-refractivity contribution in [2.45, 2.75) is 19.4 Å². The van der Waals surface area contributed by atoms with Crippen molar-refractivity contribution in [1.29, 1.82) is 0 Å². The standard InChI is InChI=1S/C18H23FN2/c1-4-14-9-11-15(12-10-14)21(3)13-18(20-2)16-7-5-6-8-17(16)19/h5-12,18,20H,4,13H2,1-3H3. The largest absolute Gasteiger partial charge is 0.373 e. The van der Waals surface area contributed by atoms with E-state index >= 15 is 0 Å². The Hall–Kier alpha value is -1.87. The van der Waals surface area contributed by atoms with Gasteiger partial charge in [0.1, 0.15) is 5.82 Å².